The second-order valence-electron chi connectivity index (χ2n) is 7.26. The predicted octanol–water partition coefficient (Wildman–Crippen LogP) is 4.05. The summed E-state index contributed by atoms with van der Waals surface area (Å²) in [5.41, 5.74) is 5.19. The van der Waals surface area contributed by atoms with E-state index in [0.717, 1.165) is 28.9 Å². The Kier molecular flexibility index (Phi) is 4.17. The van der Waals surface area contributed by atoms with Crippen molar-refractivity contribution in [1.29, 1.82) is 0 Å². The molecule has 2 atom stereocenters. The van der Waals surface area contributed by atoms with E-state index < -0.39 is 0 Å². The first-order valence-corrected chi connectivity index (χ1v) is 9.64. The lowest BCUT2D eigenvalue weighted by atomic mass is 9.99. The fourth-order valence-corrected chi connectivity index (χ4v) is 4.20. The minimum absolute atomic E-state index is 0.00457. The van der Waals surface area contributed by atoms with Gasteiger partial charge in [-0.1, -0.05) is 78.9 Å². The summed E-state index contributed by atoms with van der Waals surface area (Å²) in [5, 5.41) is 3.19. The lowest BCUT2D eigenvalue weighted by molar-refractivity contribution is 0.250. The number of fused-ring (bicyclic) bond motifs is 3. The van der Waals surface area contributed by atoms with Crippen LogP contribution in [-0.2, 0) is 6.42 Å². The maximum atomic E-state index is 12.9. The summed E-state index contributed by atoms with van der Waals surface area (Å²) < 4.78 is 0. The third-order valence-electron chi connectivity index (χ3n) is 5.52. The molecule has 28 heavy (non-hydrogen) atoms. The number of para-hydroxylation sites is 1. The molecule has 0 bridgehead atoms. The van der Waals surface area contributed by atoms with Crippen LogP contribution in [0.3, 0.4) is 0 Å². The topological polar surface area (TPSA) is 44.7 Å². The third kappa shape index (κ3) is 2.87. The fraction of sp³-hybridized carbons (Fsp3) is 0.167. The van der Waals surface area contributed by atoms with Gasteiger partial charge in [0.15, 0.2) is 0 Å². The summed E-state index contributed by atoms with van der Waals surface area (Å²) in [6.07, 6.45) is 0.798. The first-order chi connectivity index (χ1) is 13.8. The van der Waals surface area contributed by atoms with Gasteiger partial charge in [-0.3, -0.25) is 9.89 Å². The molecule has 1 N–H and O–H groups in total. The highest BCUT2D eigenvalue weighted by molar-refractivity contribution is 6.18. The molecule has 1 saturated heterocycles. The van der Waals surface area contributed by atoms with Crippen molar-refractivity contribution >= 4 is 17.4 Å². The Morgan fingerprint density at radius 1 is 0.893 bits per heavy atom. The first-order valence-electron chi connectivity index (χ1n) is 9.64. The predicted molar refractivity (Wildman–Crippen MR) is 112 cm³/mol. The molecule has 2 aliphatic heterocycles. The summed E-state index contributed by atoms with van der Waals surface area (Å²) >= 11 is 0. The Labute approximate surface area is 164 Å². The van der Waals surface area contributed by atoms with Gasteiger partial charge in [-0.05, 0) is 18.1 Å². The summed E-state index contributed by atoms with van der Waals surface area (Å²) in [6, 6.07) is 28.6. The van der Waals surface area contributed by atoms with Gasteiger partial charge < -0.3 is 5.32 Å². The van der Waals surface area contributed by atoms with Crippen LogP contribution in [0.2, 0.25) is 0 Å². The first kappa shape index (κ1) is 16.8. The summed E-state index contributed by atoms with van der Waals surface area (Å²) in [5.74, 6) is 0. The molecule has 1 fully saturated rings. The van der Waals surface area contributed by atoms with Crippen molar-refractivity contribution in [3.8, 4) is 0 Å². The van der Waals surface area contributed by atoms with Crippen molar-refractivity contribution < 1.29 is 4.79 Å². The van der Waals surface area contributed by atoms with E-state index >= 15 is 0 Å². The Hall–Kier alpha value is -3.40. The Morgan fingerprint density at radius 3 is 2.36 bits per heavy atom. The van der Waals surface area contributed by atoms with Gasteiger partial charge in [0.25, 0.3) is 0 Å². The number of benzene rings is 3. The van der Waals surface area contributed by atoms with Crippen LogP contribution in [0.5, 0.6) is 0 Å². The summed E-state index contributed by atoms with van der Waals surface area (Å²) in [6.45, 7) is 0.579. The van der Waals surface area contributed by atoms with Gasteiger partial charge in [0.1, 0.15) is 0 Å². The van der Waals surface area contributed by atoms with Gasteiger partial charge in [-0.15, -0.1) is 0 Å². The zero-order chi connectivity index (χ0) is 18.9. The number of hydrogen-bond donors (Lipinski definition) is 1. The van der Waals surface area contributed by atoms with Crippen molar-refractivity contribution in [2.45, 2.75) is 18.5 Å². The number of urea groups is 1. The van der Waals surface area contributed by atoms with E-state index in [1.807, 2.05) is 59.5 Å². The number of nitrogens with zero attached hydrogens (tertiary/aromatic N) is 2. The molecular formula is C24H21N3O. The van der Waals surface area contributed by atoms with E-state index in [1.54, 1.807) is 0 Å². The number of carbonyl (C=O) groups is 1. The molecule has 4 heteroatoms. The molecule has 2 heterocycles. The second-order valence-corrected chi connectivity index (χ2v) is 7.26. The molecule has 0 unspecified atom stereocenters. The number of rotatable bonds is 3. The lowest BCUT2D eigenvalue weighted by Crippen LogP contribution is -2.40. The minimum atomic E-state index is -0.0390. The number of amides is 2. The Balaban J connectivity index is 1.57. The van der Waals surface area contributed by atoms with Gasteiger partial charge in [-0.2, -0.15) is 0 Å². The Morgan fingerprint density at radius 2 is 1.57 bits per heavy atom. The van der Waals surface area contributed by atoms with Crippen LogP contribution in [0, 0.1) is 0 Å². The van der Waals surface area contributed by atoms with Gasteiger partial charge in [0.2, 0.25) is 0 Å². The maximum Gasteiger partial charge on any atom is 0.322 e. The molecule has 5 rings (SSSR count). The van der Waals surface area contributed by atoms with E-state index in [0.29, 0.717) is 6.54 Å². The number of aliphatic imine (C=N–C) groups is 1. The van der Waals surface area contributed by atoms with Crippen molar-refractivity contribution in [2.24, 2.45) is 4.99 Å². The quantitative estimate of drug-likeness (QED) is 0.746. The molecule has 0 aliphatic carbocycles. The molecule has 2 amide bonds. The molecule has 4 nitrogen and oxygen atoms in total. The normalized spacial score (nSPS) is 20.6. The largest absolute Gasteiger partial charge is 0.332 e. The monoisotopic (exact) mass is 367 g/mol. The van der Waals surface area contributed by atoms with E-state index in [1.165, 1.54) is 5.56 Å². The smallest absolute Gasteiger partial charge is 0.322 e. The number of carbonyl (C=O) groups excluding carboxylic acids is 1. The average molecular weight is 367 g/mol. The molecular weight excluding hydrogens is 346 g/mol. The third-order valence-corrected chi connectivity index (χ3v) is 5.52. The van der Waals surface area contributed by atoms with Gasteiger partial charge >= 0.3 is 6.03 Å². The number of hydrogen-bond acceptors (Lipinski definition) is 2. The highest BCUT2D eigenvalue weighted by atomic mass is 16.2. The van der Waals surface area contributed by atoms with Crippen LogP contribution in [0.25, 0.3) is 0 Å². The zero-order valence-corrected chi connectivity index (χ0v) is 15.5. The number of anilines is 1. The molecule has 0 spiro atoms. The minimum Gasteiger partial charge on any atom is -0.332 e. The van der Waals surface area contributed by atoms with Gasteiger partial charge in [0, 0.05) is 11.1 Å². The lowest BCUT2D eigenvalue weighted by Gasteiger charge is -2.24. The van der Waals surface area contributed by atoms with E-state index in [4.69, 9.17) is 4.99 Å². The van der Waals surface area contributed by atoms with E-state index in [-0.39, 0.29) is 18.1 Å². The number of nitrogens with one attached hydrogen (secondary N) is 1. The van der Waals surface area contributed by atoms with Crippen molar-refractivity contribution in [3.05, 3.63) is 102 Å². The summed E-state index contributed by atoms with van der Waals surface area (Å²) in [7, 11) is 0. The van der Waals surface area contributed by atoms with Gasteiger partial charge in [0.05, 0.1) is 30.0 Å². The fourth-order valence-electron chi connectivity index (χ4n) is 4.20. The molecule has 138 valence electrons. The highest BCUT2D eigenvalue weighted by Crippen LogP contribution is 2.33. The second kappa shape index (κ2) is 6.97. The zero-order valence-electron chi connectivity index (χ0n) is 15.5. The van der Waals surface area contributed by atoms with Gasteiger partial charge in [-0.25, -0.2) is 4.79 Å². The van der Waals surface area contributed by atoms with Crippen LogP contribution in [0.1, 0.15) is 16.7 Å². The summed E-state index contributed by atoms with van der Waals surface area (Å²) in [4.78, 5) is 19.8. The standard InChI is InChI=1S/C24H21N3O/c28-24-26-20(15-17-9-3-1-4-10-17)22-16-25-23(18-11-5-2-6-12-18)19-13-7-8-14-21(19)27(22)24/h1-14,20,22H,15-16H2,(H,26,28)/t20-,22-/m0/s1. The van der Waals surface area contributed by atoms with E-state index in [2.05, 4.69) is 35.6 Å². The van der Waals surface area contributed by atoms with Crippen LogP contribution >= 0.6 is 0 Å². The maximum absolute atomic E-state index is 12.9. The molecule has 3 aromatic rings. The van der Waals surface area contributed by atoms with Crippen molar-refractivity contribution in [2.75, 3.05) is 11.4 Å². The van der Waals surface area contributed by atoms with Crippen molar-refractivity contribution in [3.63, 3.8) is 0 Å². The molecule has 0 saturated carbocycles. The van der Waals surface area contributed by atoms with Crippen LogP contribution in [0.15, 0.2) is 89.9 Å². The van der Waals surface area contributed by atoms with Crippen LogP contribution in [0.4, 0.5) is 10.5 Å². The Bertz CT molecular complexity index is 1030. The molecule has 0 aromatic heterocycles. The van der Waals surface area contributed by atoms with Crippen LogP contribution in [-0.4, -0.2) is 30.4 Å². The SMILES string of the molecule is O=C1N[C@@H](Cc2ccccc2)[C@@H]2CN=C(c3ccccc3)c3ccccc3N12. The highest BCUT2D eigenvalue weighted by Gasteiger charge is 2.42. The molecule has 0 radical (unpaired) electrons. The van der Waals surface area contributed by atoms with Crippen LogP contribution < -0.4 is 10.2 Å². The average Bonchev–Trinajstić information content (AvgIpc) is 2.94. The molecule has 3 aromatic carbocycles. The van der Waals surface area contributed by atoms with E-state index in [9.17, 15) is 4.79 Å². The van der Waals surface area contributed by atoms with Crippen molar-refractivity contribution in [1.82, 2.24) is 5.32 Å². The molecule has 2 aliphatic rings.